The van der Waals surface area contributed by atoms with Crippen molar-refractivity contribution < 1.29 is 14.7 Å². The number of aryl methyl sites for hydroxylation is 1. The highest BCUT2D eigenvalue weighted by Crippen LogP contribution is 2.32. The molecule has 2 rings (SSSR count). The first-order valence-electron chi connectivity index (χ1n) is 6.63. The van der Waals surface area contributed by atoms with Crippen molar-refractivity contribution >= 4 is 49.5 Å². The zero-order valence-electron chi connectivity index (χ0n) is 11.5. The zero-order chi connectivity index (χ0) is 15.6. The second-order valence-corrected chi connectivity index (χ2v) is 6.87. The van der Waals surface area contributed by atoms with Gasteiger partial charge in [-0.2, -0.15) is 0 Å². The Labute approximate surface area is 140 Å². The molecule has 21 heavy (non-hydrogen) atoms. The molecule has 1 atom stereocenters. The molecule has 0 unspecified atom stereocenters. The summed E-state index contributed by atoms with van der Waals surface area (Å²) >= 11 is 6.86. The third kappa shape index (κ3) is 3.97. The summed E-state index contributed by atoms with van der Waals surface area (Å²) in [5.74, 6) is -1.32. The fourth-order valence-corrected chi connectivity index (χ4v) is 3.98. The summed E-state index contributed by atoms with van der Waals surface area (Å²) < 4.78 is 1.57. The number of nitrogens with one attached hydrogen (secondary N) is 1. The zero-order valence-corrected chi connectivity index (χ0v) is 14.7. The van der Waals surface area contributed by atoms with E-state index in [4.69, 9.17) is 5.11 Å². The Morgan fingerprint density at radius 2 is 1.95 bits per heavy atom. The predicted octanol–water partition coefficient (Wildman–Crippen LogP) is 3.85. The smallest absolute Gasteiger partial charge is 0.321 e. The molecule has 2 N–H and O–H groups in total. The third-order valence-corrected chi connectivity index (χ3v) is 4.73. The molecular formula is C14H16Br2N2O3. The van der Waals surface area contributed by atoms with E-state index in [-0.39, 0.29) is 12.6 Å². The molecule has 1 aliphatic rings. The van der Waals surface area contributed by atoms with Crippen molar-refractivity contribution in [3.63, 3.8) is 0 Å². The first-order valence-corrected chi connectivity index (χ1v) is 8.21. The molecule has 1 aromatic rings. The van der Waals surface area contributed by atoms with E-state index in [0.29, 0.717) is 25.1 Å². The number of likely N-dealkylation sites (tertiary alicyclic amines) is 1. The van der Waals surface area contributed by atoms with Crippen molar-refractivity contribution in [1.82, 2.24) is 4.90 Å². The van der Waals surface area contributed by atoms with Gasteiger partial charge in [0.2, 0.25) is 0 Å². The van der Waals surface area contributed by atoms with Crippen molar-refractivity contribution in [3.05, 3.63) is 26.6 Å². The van der Waals surface area contributed by atoms with E-state index in [1.54, 1.807) is 4.90 Å². The van der Waals surface area contributed by atoms with Gasteiger partial charge in [0, 0.05) is 22.0 Å². The van der Waals surface area contributed by atoms with Crippen LogP contribution in [-0.2, 0) is 4.79 Å². The minimum absolute atomic E-state index is 0.252. The Hall–Kier alpha value is -1.08. The number of aliphatic carboxylic acids is 1. The predicted molar refractivity (Wildman–Crippen MR) is 87.5 cm³/mol. The maximum Gasteiger partial charge on any atom is 0.321 e. The molecule has 2 amide bonds. The minimum Gasteiger partial charge on any atom is -0.481 e. The molecule has 114 valence electrons. The number of hydrogen-bond donors (Lipinski definition) is 2. The van der Waals surface area contributed by atoms with Crippen LogP contribution in [0.1, 0.15) is 18.4 Å². The van der Waals surface area contributed by atoms with E-state index < -0.39 is 11.9 Å². The highest BCUT2D eigenvalue weighted by molar-refractivity contribution is 9.11. The second-order valence-electron chi connectivity index (χ2n) is 5.16. The number of amides is 2. The minimum atomic E-state index is -0.842. The molecule has 0 saturated carbocycles. The third-order valence-electron chi connectivity index (χ3n) is 3.48. The number of carbonyl (C=O) groups is 2. The van der Waals surface area contributed by atoms with Gasteiger partial charge in [-0.25, -0.2) is 4.79 Å². The Morgan fingerprint density at radius 3 is 2.52 bits per heavy atom. The molecule has 1 saturated heterocycles. The number of halogens is 2. The number of benzene rings is 1. The van der Waals surface area contributed by atoms with Gasteiger partial charge in [-0.3, -0.25) is 4.79 Å². The lowest BCUT2D eigenvalue weighted by Gasteiger charge is -2.31. The van der Waals surface area contributed by atoms with Crippen molar-refractivity contribution in [2.24, 2.45) is 5.92 Å². The Kier molecular flexibility index (Phi) is 5.27. The van der Waals surface area contributed by atoms with E-state index in [1.807, 2.05) is 19.1 Å². The van der Waals surface area contributed by atoms with Gasteiger partial charge in [-0.1, -0.05) is 0 Å². The van der Waals surface area contributed by atoms with Crippen LogP contribution < -0.4 is 5.32 Å². The number of nitrogens with zero attached hydrogens (tertiary/aromatic N) is 1. The average Bonchev–Trinajstić information content (AvgIpc) is 2.42. The Balaban J connectivity index is 2.10. The van der Waals surface area contributed by atoms with Gasteiger partial charge in [-0.15, -0.1) is 0 Å². The number of rotatable bonds is 2. The summed E-state index contributed by atoms with van der Waals surface area (Å²) in [4.78, 5) is 24.9. The van der Waals surface area contributed by atoms with Gasteiger partial charge >= 0.3 is 12.0 Å². The monoisotopic (exact) mass is 418 g/mol. The molecule has 1 fully saturated rings. The Bertz CT molecular complexity index is 554. The van der Waals surface area contributed by atoms with Gasteiger partial charge in [0.05, 0.1) is 11.6 Å². The fourth-order valence-electron chi connectivity index (χ4n) is 2.37. The van der Waals surface area contributed by atoms with Gasteiger partial charge in [0.15, 0.2) is 0 Å². The standard InChI is InChI=1S/C14H16Br2N2O3/c1-8-5-10(15)12(11(16)6-8)17-14(21)18-4-2-3-9(7-18)13(19)20/h5-6,9H,2-4,7H2,1H3,(H,17,21)(H,19,20)/t9-/m1/s1. The highest BCUT2D eigenvalue weighted by atomic mass is 79.9. The molecule has 1 aromatic carbocycles. The first kappa shape index (κ1) is 16.3. The molecule has 1 heterocycles. The lowest BCUT2D eigenvalue weighted by molar-refractivity contribution is -0.143. The Morgan fingerprint density at radius 1 is 1.33 bits per heavy atom. The van der Waals surface area contributed by atoms with E-state index in [1.165, 1.54) is 0 Å². The van der Waals surface area contributed by atoms with Crippen LogP contribution in [0.4, 0.5) is 10.5 Å². The van der Waals surface area contributed by atoms with Crippen molar-refractivity contribution in [1.29, 1.82) is 0 Å². The van der Waals surface area contributed by atoms with Gasteiger partial charge in [0.25, 0.3) is 0 Å². The summed E-state index contributed by atoms with van der Waals surface area (Å²) in [6.45, 7) is 2.79. The number of carboxylic acids is 1. The second kappa shape index (κ2) is 6.79. The van der Waals surface area contributed by atoms with Crippen LogP contribution >= 0.6 is 31.9 Å². The maximum absolute atomic E-state index is 12.3. The van der Waals surface area contributed by atoms with E-state index >= 15 is 0 Å². The van der Waals surface area contributed by atoms with E-state index in [0.717, 1.165) is 14.5 Å². The van der Waals surface area contributed by atoms with Gasteiger partial charge in [0.1, 0.15) is 0 Å². The molecule has 0 bridgehead atoms. The van der Waals surface area contributed by atoms with Crippen molar-refractivity contribution in [2.75, 3.05) is 18.4 Å². The number of hydrogen-bond acceptors (Lipinski definition) is 2. The maximum atomic E-state index is 12.3. The fraction of sp³-hybridized carbons (Fsp3) is 0.429. The van der Waals surface area contributed by atoms with Gasteiger partial charge < -0.3 is 15.3 Å². The van der Waals surface area contributed by atoms with Crippen LogP contribution in [0.15, 0.2) is 21.1 Å². The van der Waals surface area contributed by atoms with Crippen LogP contribution in [0.3, 0.4) is 0 Å². The molecule has 0 aliphatic carbocycles. The van der Waals surface area contributed by atoms with Crippen molar-refractivity contribution in [2.45, 2.75) is 19.8 Å². The molecule has 0 radical (unpaired) electrons. The summed E-state index contributed by atoms with van der Waals surface area (Å²) in [6, 6.07) is 3.55. The van der Waals surface area contributed by atoms with Crippen LogP contribution in [0.2, 0.25) is 0 Å². The SMILES string of the molecule is Cc1cc(Br)c(NC(=O)N2CCC[C@@H](C(=O)O)C2)c(Br)c1. The normalized spacial score (nSPS) is 18.4. The van der Waals surface area contributed by atoms with Gasteiger partial charge in [-0.05, 0) is 69.3 Å². The van der Waals surface area contributed by atoms with E-state index in [2.05, 4.69) is 37.2 Å². The summed E-state index contributed by atoms with van der Waals surface area (Å²) in [5.41, 5.74) is 1.72. The van der Waals surface area contributed by atoms with Crippen LogP contribution in [0.25, 0.3) is 0 Å². The summed E-state index contributed by atoms with van der Waals surface area (Å²) in [6.07, 6.45) is 1.33. The molecule has 0 aromatic heterocycles. The first-order chi connectivity index (χ1) is 9.88. The lowest BCUT2D eigenvalue weighted by Crippen LogP contribution is -2.44. The number of anilines is 1. The molecule has 1 aliphatic heterocycles. The van der Waals surface area contributed by atoms with Crippen LogP contribution in [0, 0.1) is 12.8 Å². The number of carbonyl (C=O) groups excluding carboxylic acids is 1. The summed E-state index contributed by atoms with van der Waals surface area (Å²) in [5, 5.41) is 11.9. The number of carboxylic acid groups (broad SMARTS) is 1. The molecule has 7 heteroatoms. The van der Waals surface area contributed by atoms with Crippen molar-refractivity contribution in [3.8, 4) is 0 Å². The average molecular weight is 420 g/mol. The van der Waals surface area contributed by atoms with E-state index in [9.17, 15) is 9.59 Å². The highest BCUT2D eigenvalue weighted by Gasteiger charge is 2.28. The lowest BCUT2D eigenvalue weighted by atomic mass is 9.99. The largest absolute Gasteiger partial charge is 0.481 e. The topological polar surface area (TPSA) is 69.6 Å². The number of urea groups is 1. The molecule has 0 spiro atoms. The van der Waals surface area contributed by atoms with Crippen LogP contribution in [-0.4, -0.2) is 35.1 Å². The quantitative estimate of drug-likeness (QED) is 0.764. The number of piperidine rings is 1. The molecular weight excluding hydrogens is 404 g/mol. The summed E-state index contributed by atoms with van der Waals surface area (Å²) in [7, 11) is 0. The van der Waals surface area contributed by atoms with Crippen LogP contribution in [0.5, 0.6) is 0 Å². The molecule has 5 nitrogen and oxygen atoms in total.